The lowest BCUT2D eigenvalue weighted by molar-refractivity contribution is -0.147. The van der Waals surface area contributed by atoms with Crippen LogP contribution in [0.5, 0.6) is 0 Å². The van der Waals surface area contributed by atoms with Crippen LogP contribution in [-0.4, -0.2) is 33.3 Å². The summed E-state index contributed by atoms with van der Waals surface area (Å²) in [7, 11) is 0. The van der Waals surface area contributed by atoms with Crippen LogP contribution < -0.4 is 5.32 Å². The molecule has 1 aromatic heterocycles. The summed E-state index contributed by atoms with van der Waals surface area (Å²) >= 11 is 0. The molecule has 0 aliphatic heterocycles. The minimum absolute atomic E-state index is 0.0207. The van der Waals surface area contributed by atoms with Crippen molar-refractivity contribution in [2.45, 2.75) is 19.4 Å². The number of amides is 1. The Kier molecular flexibility index (Phi) is 3.77. The van der Waals surface area contributed by atoms with Gasteiger partial charge in [0, 0.05) is 25.5 Å². The summed E-state index contributed by atoms with van der Waals surface area (Å²) in [6.07, 6.45) is 9.12. The van der Waals surface area contributed by atoms with Crippen molar-refractivity contribution in [2.24, 2.45) is 23.7 Å². The van der Waals surface area contributed by atoms with Crippen LogP contribution in [0, 0.1) is 23.7 Å². The van der Waals surface area contributed by atoms with Gasteiger partial charge in [0.05, 0.1) is 11.8 Å². The molecule has 6 nitrogen and oxygen atoms in total. The van der Waals surface area contributed by atoms with Gasteiger partial charge in [-0.05, 0) is 30.7 Å². The smallest absolute Gasteiger partial charge is 0.307 e. The van der Waals surface area contributed by atoms with Crippen LogP contribution in [0.2, 0.25) is 0 Å². The number of fused-ring (bicyclic) bond motifs is 2. The number of carboxylic acid groups (broad SMARTS) is 1. The largest absolute Gasteiger partial charge is 0.481 e. The zero-order valence-corrected chi connectivity index (χ0v) is 11.7. The second-order valence-electron chi connectivity index (χ2n) is 5.75. The van der Waals surface area contributed by atoms with Gasteiger partial charge in [0.25, 0.3) is 0 Å². The molecular formula is C15H19N3O3. The van der Waals surface area contributed by atoms with E-state index in [0.717, 1.165) is 19.4 Å². The number of hydrogen-bond donors (Lipinski definition) is 2. The third-order valence-electron chi connectivity index (χ3n) is 4.47. The normalized spacial score (nSPS) is 29.7. The van der Waals surface area contributed by atoms with Crippen molar-refractivity contribution in [3.05, 3.63) is 30.6 Å². The zero-order valence-electron chi connectivity index (χ0n) is 11.7. The highest BCUT2D eigenvalue weighted by Gasteiger charge is 2.51. The third-order valence-corrected chi connectivity index (χ3v) is 4.47. The molecule has 1 amide bonds. The first-order valence-electron chi connectivity index (χ1n) is 7.33. The van der Waals surface area contributed by atoms with Crippen LogP contribution in [0.1, 0.15) is 12.8 Å². The molecule has 0 saturated heterocycles. The van der Waals surface area contributed by atoms with Crippen molar-refractivity contribution in [1.82, 2.24) is 15.1 Å². The maximum Gasteiger partial charge on any atom is 0.307 e. The van der Waals surface area contributed by atoms with Gasteiger partial charge in [0.1, 0.15) is 0 Å². The van der Waals surface area contributed by atoms with E-state index in [0.29, 0.717) is 6.54 Å². The van der Waals surface area contributed by atoms with Crippen LogP contribution in [0.15, 0.2) is 30.6 Å². The first kappa shape index (κ1) is 13.9. The number of nitrogens with zero attached hydrogens (tertiary/aromatic N) is 2. The number of allylic oxidation sites excluding steroid dienone is 2. The first-order valence-corrected chi connectivity index (χ1v) is 7.33. The Hall–Kier alpha value is -2.11. The third kappa shape index (κ3) is 2.70. The molecule has 4 atom stereocenters. The molecule has 3 rings (SSSR count). The number of carbonyl (C=O) groups is 2. The number of aromatic nitrogens is 2. The number of rotatable bonds is 6. The molecule has 1 aromatic rings. The Morgan fingerprint density at radius 2 is 2.05 bits per heavy atom. The molecule has 0 spiro atoms. The molecule has 1 heterocycles. The minimum Gasteiger partial charge on any atom is -0.481 e. The molecule has 21 heavy (non-hydrogen) atoms. The van der Waals surface area contributed by atoms with Gasteiger partial charge in [0.15, 0.2) is 0 Å². The summed E-state index contributed by atoms with van der Waals surface area (Å²) in [4.78, 5) is 23.6. The lowest BCUT2D eigenvalue weighted by Gasteiger charge is -2.23. The van der Waals surface area contributed by atoms with Crippen molar-refractivity contribution in [3.63, 3.8) is 0 Å². The molecule has 6 heteroatoms. The molecule has 112 valence electrons. The Labute approximate surface area is 122 Å². The lowest BCUT2D eigenvalue weighted by Crippen LogP contribution is -2.40. The van der Waals surface area contributed by atoms with Crippen molar-refractivity contribution in [3.8, 4) is 0 Å². The number of hydrogen-bond acceptors (Lipinski definition) is 3. The van der Waals surface area contributed by atoms with Gasteiger partial charge in [-0.2, -0.15) is 5.10 Å². The fraction of sp³-hybridized carbons (Fsp3) is 0.533. The van der Waals surface area contributed by atoms with Gasteiger partial charge in [-0.1, -0.05) is 12.2 Å². The van der Waals surface area contributed by atoms with Crippen molar-refractivity contribution in [2.75, 3.05) is 6.54 Å². The summed E-state index contributed by atoms with van der Waals surface area (Å²) in [5, 5.41) is 16.3. The van der Waals surface area contributed by atoms with Crippen LogP contribution in [0.4, 0.5) is 0 Å². The van der Waals surface area contributed by atoms with E-state index >= 15 is 0 Å². The molecule has 0 unspecified atom stereocenters. The van der Waals surface area contributed by atoms with E-state index in [4.69, 9.17) is 0 Å². The standard InChI is InChI=1S/C15H19N3O3/c19-14(16-5-1-7-18-8-2-6-17-18)12-10-3-4-11(9-10)13(12)15(20)21/h2-4,6,8,10-13H,1,5,7,9H2,(H,16,19)(H,20,21)/t10-,11-,12-,13+/m0/s1. The average molecular weight is 289 g/mol. The highest BCUT2D eigenvalue weighted by Crippen LogP contribution is 2.48. The Balaban J connectivity index is 1.51. The second-order valence-corrected chi connectivity index (χ2v) is 5.75. The number of carboxylic acids is 1. The zero-order chi connectivity index (χ0) is 14.8. The molecule has 0 aromatic carbocycles. The Morgan fingerprint density at radius 1 is 1.29 bits per heavy atom. The molecular weight excluding hydrogens is 270 g/mol. The number of carbonyl (C=O) groups excluding carboxylic acids is 1. The number of aliphatic carboxylic acids is 1. The van der Waals surface area contributed by atoms with Gasteiger partial charge < -0.3 is 10.4 Å². The minimum atomic E-state index is -0.858. The molecule has 2 aliphatic carbocycles. The maximum atomic E-state index is 12.3. The van der Waals surface area contributed by atoms with E-state index < -0.39 is 17.8 Å². The van der Waals surface area contributed by atoms with Crippen molar-refractivity contribution >= 4 is 11.9 Å². The van der Waals surface area contributed by atoms with E-state index in [1.807, 2.05) is 29.1 Å². The van der Waals surface area contributed by atoms with Crippen LogP contribution >= 0.6 is 0 Å². The number of aryl methyl sites for hydroxylation is 1. The van der Waals surface area contributed by atoms with Gasteiger partial charge in [-0.3, -0.25) is 14.3 Å². The molecule has 2 aliphatic rings. The highest BCUT2D eigenvalue weighted by molar-refractivity contribution is 5.86. The van der Waals surface area contributed by atoms with Crippen LogP contribution in [0.3, 0.4) is 0 Å². The van der Waals surface area contributed by atoms with E-state index in [1.165, 1.54) is 0 Å². The predicted molar refractivity (Wildman–Crippen MR) is 75.2 cm³/mol. The Bertz CT molecular complexity index is 553. The van der Waals surface area contributed by atoms with Crippen LogP contribution in [0.25, 0.3) is 0 Å². The maximum absolute atomic E-state index is 12.3. The van der Waals surface area contributed by atoms with Crippen molar-refractivity contribution in [1.29, 1.82) is 0 Å². The second kappa shape index (κ2) is 5.71. The van der Waals surface area contributed by atoms with E-state index in [-0.39, 0.29) is 17.7 Å². The summed E-state index contributed by atoms with van der Waals surface area (Å²) in [6, 6.07) is 1.86. The summed E-state index contributed by atoms with van der Waals surface area (Å²) in [5.74, 6) is -1.86. The highest BCUT2D eigenvalue weighted by atomic mass is 16.4. The topological polar surface area (TPSA) is 84.2 Å². The quantitative estimate of drug-likeness (QED) is 0.602. The molecule has 2 bridgehead atoms. The molecule has 1 saturated carbocycles. The molecule has 2 N–H and O–H groups in total. The van der Waals surface area contributed by atoms with Gasteiger partial charge in [-0.25, -0.2) is 0 Å². The van der Waals surface area contributed by atoms with E-state index in [1.54, 1.807) is 6.20 Å². The molecule has 1 fully saturated rings. The lowest BCUT2D eigenvalue weighted by atomic mass is 9.82. The van der Waals surface area contributed by atoms with Gasteiger partial charge in [-0.15, -0.1) is 0 Å². The fourth-order valence-electron chi connectivity index (χ4n) is 3.52. The fourth-order valence-corrected chi connectivity index (χ4v) is 3.52. The number of nitrogens with one attached hydrogen (secondary N) is 1. The Morgan fingerprint density at radius 3 is 2.71 bits per heavy atom. The molecule has 0 radical (unpaired) electrons. The van der Waals surface area contributed by atoms with E-state index in [2.05, 4.69) is 10.4 Å². The monoisotopic (exact) mass is 289 g/mol. The summed E-state index contributed by atoms with van der Waals surface area (Å²) in [6.45, 7) is 1.29. The predicted octanol–water partition coefficient (Wildman–Crippen LogP) is 0.912. The first-order chi connectivity index (χ1) is 10.2. The van der Waals surface area contributed by atoms with E-state index in [9.17, 15) is 14.7 Å². The SMILES string of the molecule is O=C(NCCCn1cccn1)[C@@H]1[C@H](C(=O)O)[C@H]2C=C[C@H]1C2. The summed E-state index contributed by atoms with van der Waals surface area (Å²) in [5.41, 5.74) is 0. The average Bonchev–Trinajstić information content (AvgIpc) is 3.18. The van der Waals surface area contributed by atoms with Gasteiger partial charge in [0.2, 0.25) is 5.91 Å². The summed E-state index contributed by atoms with van der Waals surface area (Å²) < 4.78 is 1.81. The van der Waals surface area contributed by atoms with Crippen molar-refractivity contribution < 1.29 is 14.7 Å². The van der Waals surface area contributed by atoms with Crippen LogP contribution in [-0.2, 0) is 16.1 Å². The van der Waals surface area contributed by atoms with Gasteiger partial charge >= 0.3 is 5.97 Å².